The molecule has 0 heterocycles. The highest BCUT2D eigenvalue weighted by atomic mass is 16.4. The van der Waals surface area contributed by atoms with Crippen molar-refractivity contribution in [2.24, 2.45) is 17.6 Å². The molecule has 4 heteroatoms. The summed E-state index contributed by atoms with van der Waals surface area (Å²) in [6.45, 7) is 4.02. The van der Waals surface area contributed by atoms with E-state index in [4.69, 9.17) is 5.73 Å². The molecule has 4 nitrogen and oxygen atoms in total. The van der Waals surface area contributed by atoms with Crippen molar-refractivity contribution in [1.29, 1.82) is 0 Å². The molecule has 120 valence electrons. The molecule has 0 amide bonds. The summed E-state index contributed by atoms with van der Waals surface area (Å²) in [6.07, 6.45) is 5.28. The number of aromatic carboxylic acids is 1. The Labute approximate surface area is 132 Å². The number of nitrogens with two attached hydrogens (primary N) is 1. The van der Waals surface area contributed by atoms with Crippen molar-refractivity contribution in [1.82, 2.24) is 5.32 Å². The molecule has 0 saturated heterocycles. The minimum atomic E-state index is -1.10. The maximum absolute atomic E-state index is 11.1. The van der Waals surface area contributed by atoms with E-state index in [0.29, 0.717) is 11.8 Å². The minimum Gasteiger partial charge on any atom is -0.545 e. The van der Waals surface area contributed by atoms with E-state index in [0.717, 1.165) is 44.3 Å². The molecule has 0 aromatic heterocycles. The molecule has 0 radical (unpaired) electrons. The lowest BCUT2D eigenvalue weighted by Crippen LogP contribution is -2.56. The molecular formula is C18H25N2O2-. The smallest absolute Gasteiger partial charge is 0.0715 e. The maximum Gasteiger partial charge on any atom is 0.0715 e. The van der Waals surface area contributed by atoms with Crippen LogP contribution in [0.15, 0.2) is 18.2 Å². The maximum atomic E-state index is 11.1. The number of carbonyl (C=O) groups is 1. The Bertz CT molecular complexity index is 572. The zero-order valence-electron chi connectivity index (χ0n) is 13.2. The number of hydrogen-bond acceptors (Lipinski definition) is 4. The average Bonchev–Trinajstić information content (AvgIpc) is 2.70. The molecule has 1 aromatic rings. The fraction of sp³-hybridized carbons (Fsp3) is 0.611. The van der Waals surface area contributed by atoms with Gasteiger partial charge >= 0.3 is 0 Å². The molecule has 2 aliphatic rings. The van der Waals surface area contributed by atoms with Crippen LogP contribution in [0.3, 0.4) is 0 Å². The van der Waals surface area contributed by atoms with Gasteiger partial charge in [-0.1, -0.05) is 19.1 Å². The van der Waals surface area contributed by atoms with E-state index in [-0.39, 0.29) is 11.1 Å². The van der Waals surface area contributed by atoms with Crippen molar-refractivity contribution in [2.45, 2.75) is 44.6 Å². The van der Waals surface area contributed by atoms with Crippen LogP contribution in [0, 0.1) is 11.8 Å². The van der Waals surface area contributed by atoms with Gasteiger partial charge in [0.1, 0.15) is 0 Å². The minimum absolute atomic E-state index is 0.171. The van der Waals surface area contributed by atoms with Crippen molar-refractivity contribution < 1.29 is 9.90 Å². The van der Waals surface area contributed by atoms with Gasteiger partial charge in [0.05, 0.1) is 5.97 Å². The van der Waals surface area contributed by atoms with Crippen molar-refractivity contribution in [3.05, 3.63) is 34.9 Å². The first-order chi connectivity index (χ1) is 10.5. The van der Waals surface area contributed by atoms with Gasteiger partial charge in [-0.15, -0.1) is 0 Å². The molecule has 0 aliphatic heterocycles. The first-order valence-corrected chi connectivity index (χ1v) is 8.37. The van der Waals surface area contributed by atoms with Gasteiger partial charge in [-0.05, 0) is 73.2 Å². The first-order valence-electron chi connectivity index (χ1n) is 8.37. The average molecular weight is 301 g/mol. The van der Waals surface area contributed by atoms with Gasteiger partial charge < -0.3 is 21.0 Å². The summed E-state index contributed by atoms with van der Waals surface area (Å²) in [5.41, 5.74) is 9.36. The number of fused-ring (bicyclic) bond motifs is 3. The highest BCUT2D eigenvalue weighted by Gasteiger charge is 2.48. The second-order valence-electron chi connectivity index (χ2n) is 6.94. The number of carboxylic acid groups (broad SMARTS) is 1. The summed E-state index contributed by atoms with van der Waals surface area (Å²) in [4.78, 5) is 11.1. The Kier molecular flexibility index (Phi) is 4.24. The molecule has 3 unspecified atom stereocenters. The molecule has 3 rings (SSSR count). The van der Waals surface area contributed by atoms with E-state index in [1.54, 1.807) is 12.1 Å². The second kappa shape index (κ2) is 6.01. The molecule has 2 bridgehead atoms. The number of carboxylic acids is 1. The largest absolute Gasteiger partial charge is 0.545 e. The van der Waals surface area contributed by atoms with Gasteiger partial charge in [0, 0.05) is 12.1 Å². The van der Waals surface area contributed by atoms with Crippen LogP contribution in [0.5, 0.6) is 0 Å². The lowest BCUT2D eigenvalue weighted by Gasteiger charge is -2.35. The quantitative estimate of drug-likeness (QED) is 0.791. The molecule has 3 atom stereocenters. The van der Waals surface area contributed by atoms with E-state index in [1.807, 2.05) is 6.07 Å². The molecule has 1 saturated carbocycles. The van der Waals surface area contributed by atoms with Gasteiger partial charge in [-0.2, -0.15) is 0 Å². The summed E-state index contributed by atoms with van der Waals surface area (Å²) < 4.78 is 0. The van der Waals surface area contributed by atoms with Crippen LogP contribution >= 0.6 is 0 Å². The van der Waals surface area contributed by atoms with Crippen molar-refractivity contribution in [2.75, 3.05) is 13.1 Å². The fourth-order valence-electron chi connectivity index (χ4n) is 4.30. The third-order valence-corrected chi connectivity index (χ3v) is 5.62. The Morgan fingerprint density at radius 2 is 2.00 bits per heavy atom. The Morgan fingerprint density at radius 3 is 2.64 bits per heavy atom. The summed E-state index contributed by atoms with van der Waals surface area (Å²) in [7, 11) is 0. The van der Waals surface area contributed by atoms with Crippen LogP contribution in [0.4, 0.5) is 0 Å². The molecular weight excluding hydrogens is 276 g/mol. The third kappa shape index (κ3) is 2.66. The van der Waals surface area contributed by atoms with Crippen LogP contribution in [0.25, 0.3) is 0 Å². The monoisotopic (exact) mass is 301 g/mol. The first kappa shape index (κ1) is 15.5. The topological polar surface area (TPSA) is 78.2 Å². The number of nitrogens with one attached hydrogen (secondary N) is 1. The molecule has 1 aromatic carbocycles. The lowest BCUT2D eigenvalue weighted by atomic mass is 9.79. The van der Waals surface area contributed by atoms with Crippen LogP contribution in [-0.4, -0.2) is 24.6 Å². The molecule has 1 fully saturated rings. The molecule has 3 N–H and O–H groups in total. The summed E-state index contributed by atoms with van der Waals surface area (Å²) >= 11 is 0. The standard InChI is InChI=1S/C18H26N2O2/c1-2-7-20-11-18(19)15-5-6-16(18)10-14-8-13(17(21)22)4-3-12(14)9-15/h3-4,8,15-16,20H,2,5-7,9-11,19H2,1H3,(H,21,22)/p-1. The van der Waals surface area contributed by atoms with Crippen LogP contribution in [0.1, 0.15) is 47.7 Å². The fourth-order valence-corrected chi connectivity index (χ4v) is 4.30. The molecule has 2 aliphatic carbocycles. The predicted octanol–water partition coefficient (Wildman–Crippen LogP) is 0.872. The van der Waals surface area contributed by atoms with E-state index in [2.05, 4.69) is 12.2 Å². The van der Waals surface area contributed by atoms with Crippen LogP contribution in [0.2, 0.25) is 0 Å². The molecule has 22 heavy (non-hydrogen) atoms. The van der Waals surface area contributed by atoms with Crippen LogP contribution < -0.4 is 16.2 Å². The third-order valence-electron chi connectivity index (χ3n) is 5.62. The van der Waals surface area contributed by atoms with Crippen molar-refractivity contribution in [3.63, 3.8) is 0 Å². The zero-order valence-corrected chi connectivity index (χ0v) is 13.2. The van der Waals surface area contributed by atoms with E-state index < -0.39 is 5.97 Å². The number of rotatable bonds is 5. The Morgan fingerprint density at radius 1 is 1.32 bits per heavy atom. The number of benzene rings is 1. The number of hydrogen-bond donors (Lipinski definition) is 2. The second-order valence-corrected chi connectivity index (χ2v) is 6.94. The summed E-state index contributed by atoms with van der Waals surface area (Å²) in [6, 6.07) is 5.42. The van der Waals surface area contributed by atoms with Gasteiger partial charge in [0.15, 0.2) is 0 Å². The van der Waals surface area contributed by atoms with Crippen molar-refractivity contribution in [3.8, 4) is 0 Å². The molecule has 0 spiro atoms. The Hall–Kier alpha value is -1.39. The van der Waals surface area contributed by atoms with E-state index >= 15 is 0 Å². The Balaban J connectivity index is 1.86. The van der Waals surface area contributed by atoms with E-state index in [1.165, 1.54) is 12.0 Å². The van der Waals surface area contributed by atoms with Crippen molar-refractivity contribution >= 4 is 5.97 Å². The van der Waals surface area contributed by atoms with Gasteiger partial charge in [0.2, 0.25) is 0 Å². The zero-order chi connectivity index (χ0) is 15.7. The summed E-state index contributed by atoms with van der Waals surface area (Å²) in [5, 5.41) is 14.6. The number of carbonyl (C=O) groups excluding carboxylic acids is 1. The van der Waals surface area contributed by atoms with Gasteiger partial charge in [-0.3, -0.25) is 0 Å². The SMILES string of the molecule is CCCNCC1(N)C2CCC1Cc1cc(C(=O)[O-])ccc1C2. The summed E-state index contributed by atoms with van der Waals surface area (Å²) in [5.74, 6) is -0.183. The van der Waals surface area contributed by atoms with E-state index in [9.17, 15) is 9.90 Å². The lowest BCUT2D eigenvalue weighted by molar-refractivity contribution is -0.255. The highest BCUT2D eigenvalue weighted by molar-refractivity contribution is 5.86. The van der Waals surface area contributed by atoms with Crippen LogP contribution in [-0.2, 0) is 12.8 Å². The van der Waals surface area contributed by atoms with Gasteiger partial charge in [-0.25, -0.2) is 0 Å². The normalized spacial score (nSPS) is 29.9. The van der Waals surface area contributed by atoms with Gasteiger partial charge in [0.25, 0.3) is 0 Å². The highest BCUT2D eigenvalue weighted by Crippen LogP contribution is 2.45. The predicted molar refractivity (Wildman–Crippen MR) is 84.5 cm³/mol.